The summed E-state index contributed by atoms with van der Waals surface area (Å²) in [5.74, 6) is 4.03. The van der Waals surface area contributed by atoms with Crippen molar-refractivity contribution in [2.24, 2.45) is 29.1 Å². The van der Waals surface area contributed by atoms with Crippen molar-refractivity contribution >= 4 is 0 Å². The van der Waals surface area contributed by atoms with E-state index in [0.717, 1.165) is 35.5 Å². The fourth-order valence-corrected chi connectivity index (χ4v) is 8.22. The molecule has 1 heteroatoms. The highest BCUT2D eigenvalue weighted by atomic mass is 14.9. The highest BCUT2D eigenvalue weighted by Gasteiger charge is 2.61. The summed E-state index contributed by atoms with van der Waals surface area (Å²) in [7, 11) is 0. The third-order valence-electron chi connectivity index (χ3n) is 12.8. The lowest BCUT2D eigenvalue weighted by atomic mass is 9.89. The molecule has 1 nitrogen and oxygen atoms in total. The predicted molar refractivity (Wildman–Crippen MR) is 275 cm³/mol. The molecule has 3 rings (SSSR count). The molecule has 0 aromatic rings. The predicted octanol–water partition coefficient (Wildman–Crippen LogP) is 20.9. The number of unbranched alkanes of at least 4 members (excludes halogenated alkanes) is 10. The quantitative estimate of drug-likeness (QED) is 0.0613. The molecule has 3 fully saturated rings. The summed E-state index contributed by atoms with van der Waals surface area (Å²) in [6.45, 7) is 41.6. The Morgan fingerprint density at radius 3 is 1.43 bits per heavy atom. The van der Waals surface area contributed by atoms with Gasteiger partial charge in [0.15, 0.2) is 0 Å². The SMILES string of the molecule is C=C(CCCCCCCCC(CCC)CC(=C)CC)CCC(CCCC)CCCCCC.CC.CC.CCC.CCC1CC12CC2.CCC1CCNCC1.CCCC. The van der Waals surface area contributed by atoms with E-state index >= 15 is 0 Å². The smallest absolute Gasteiger partial charge is 0.00463 e. The van der Waals surface area contributed by atoms with E-state index < -0.39 is 0 Å². The minimum Gasteiger partial charge on any atom is -0.317 e. The van der Waals surface area contributed by atoms with Crippen LogP contribution in [0.4, 0.5) is 0 Å². The van der Waals surface area contributed by atoms with Crippen LogP contribution in [0, 0.1) is 29.1 Å². The monoisotopic (exact) mass is 818 g/mol. The van der Waals surface area contributed by atoms with Gasteiger partial charge in [-0.2, -0.15) is 0 Å². The summed E-state index contributed by atoms with van der Waals surface area (Å²) in [5.41, 5.74) is 3.95. The Bertz CT molecular complexity index is 768. The van der Waals surface area contributed by atoms with Gasteiger partial charge in [0.2, 0.25) is 0 Å². The maximum Gasteiger partial charge on any atom is -0.00463 e. The molecular formula is C57H119N. The summed E-state index contributed by atoms with van der Waals surface area (Å²) in [4.78, 5) is 0. The molecule has 58 heavy (non-hydrogen) atoms. The lowest BCUT2D eigenvalue weighted by Gasteiger charge is -2.20. The first-order valence-corrected chi connectivity index (χ1v) is 27.2. The lowest BCUT2D eigenvalue weighted by molar-refractivity contribution is 0.365. The molecule has 1 spiro atoms. The molecule has 0 radical (unpaired) electrons. The van der Waals surface area contributed by atoms with E-state index in [1.807, 2.05) is 27.7 Å². The minimum atomic E-state index is 0.892. The molecule has 2 saturated carbocycles. The van der Waals surface area contributed by atoms with Crippen molar-refractivity contribution in [1.82, 2.24) is 5.32 Å². The molecule has 1 aliphatic heterocycles. The summed E-state index contributed by atoms with van der Waals surface area (Å²) in [5, 5.41) is 3.35. The van der Waals surface area contributed by atoms with Crippen molar-refractivity contribution in [3.8, 4) is 0 Å². The zero-order chi connectivity index (χ0) is 44.7. The average molecular weight is 819 g/mol. The largest absolute Gasteiger partial charge is 0.317 e. The van der Waals surface area contributed by atoms with E-state index in [2.05, 4.69) is 87.7 Å². The molecule has 2 aliphatic carbocycles. The first-order valence-electron chi connectivity index (χ1n) is 27.2. The summed E-state index contributed by atoms with van der Waals surface area (Å²) in [6.07, 6.45) is 44.5. The number of nitrogens with one attached hydrogen (secondary N) is 1. The van der Waals surface area contributed by atoms with Crippen molar-refractivity contribution < 1.29 is 0 Å². The molecule has 0 amide bonds. The molecule has 0 bridgehead atoms. The van der Waals surface area contributed by atoms with E-state index in [0.29, 0.717) is 0 Å². The molecule has 3 aliphatic rings. The molecule has 1 heterocycles. The van der Waals surface area contributed by atoms with Crippen LogP contribution in [0.2, 0.25) is 0 Å². The van der Waals surface area contributed by atoms with Crippen LogP contribution in [0.15, 0.2) is 24.3 Å². The molecule has 3 atom stereocenters. The normalized spacial score (nSPS) is 16.6. The van der Waals surface area contributed by atoms with Crippen molar-refractivity contribution in [2.45, 2.75) is 302 Å². The average Bonchev–Trinajstić information content (AvgIpc) is 4.20. The van der Waals surface area contributed by atoms with Crippen LogP contribution >= 0.6 is 0 Å². The van der Waals surface area contributed by atoms with Gasteiger partial charge in [-0.25, -0.2) is 0 Å². The second-order valence-electron chi connectivity index (χ2n) is 18.2. The van der Waals surface area contributed by atoms with Gasteiger partial charge in [0.25, 0.3) is 0 Å². The van der Waals surface area contributed by atoms with Crippen LogP contribution in [-0.2, 0) is 0 Å². The Morgan fingerprint density at radius 2 is 1.02 bits per heavy atom. The molecule has 1 saturated heterocycles. The maximum absolute atomic E-state index is 4.42. The maximum atomic E-state index is 4.42. The van der Waals surface area contributed by atoms with Gasteiger partial charge in [0, 0.05) is 0 Å². The fraction of sp³-hybridized carbons (Fsp3) is 0.930. The molecule has 3 unspecified atom stereocenters. The van der Waals surface area contributed by atoms with E-state index in [1.54, 1.807) is 19.3 Å². The second-order valence-corrected chi connectivity index (χ2v) is 18.2. The number of allylic oxidation sites excluding steroid dienone is 2. The third kappa shape index (κ3) is 43.5. The first-order chi connectivity index (χ1) is 28.2. The van der Waals surface area contributed by atoms with Crippen LogP contribution in [0.5, 0.6) is 0 Å². The molecular weight excluding hydrogens is 699 g/mol. The molecule has 352 valence electrons. The summed E-state index contributed by atoms with van der Waals surface area (Å²) < 4.78 is 0. The Balaban J connectivity index is -0.000000442. The molecule has 0 aromatic carbocycles. The van der Waals surface area contributed by atoms with Crippen molar-refractivity contribution in [3.63, 3.8) is 0 Å². The summed E-state index contributed by atoms with van der Waals surface area (Å²) >= 11 is 0. The van der Waals surface area contributed by atoms with Crippen LogP contribution in [-0.4, -0.2) is 13.1 Å². The van der Waals surface area contributed by atoms with E-state index in [-0.39, 0.29) is 0 Å². The number of hydrogen-bond acceptors (Lipinski definition) is 1. The van der Waals surface area contributed by atoms with Crippen molar-refractivity contribution in [3.05, 3.63) is 24.3 Å². The van der Waals surface area contributed by atoms with Crippen LogP contribution < -0.4 is 5.32 Å². The highest BCUT2D eigenvalue weighted by Crippen LogP contribution is 2.71. The minimum absolute atomic E-state index is 0.892. The standard InChI is InChI=1S/C32H62.C7H15N.C7H12.C4H10.C3H8.2C2H6/c1-7-11-13-19-24-31(23-12-8-2)27-26-30(6)22-18-16-14-15-17-20-25-32(21-9-3)28-29(5)10-4;1-2-7-3-5-8-6-4-7;1-2-6-5-7(6)3-4-7;1-3-4-2;1-3-2;2*1-2/h31-32H,5-28H2,1-4H3;7-8H,2-6H2,1H3;6H,2-5H2,1H3;3-4H2,1-2H3;3H2,1-2H3;2*1-2H3. The number of hydrogen-bond donors (Lipinski definition) is 1. The van der Waals surface area contributed by atoms with E-state index in [4.69, 9.17) is 0 Å². The second kappa shape index (κ2) is 50.8. The zero-order valence-corrected chi connectivity index (χ0v) is 43.8. The topological polar surface area (TPSA) is 12.0 Å². The molecule has 0 aromatic heterocycles. The zero-order valence-electron chi connectivity index (χ0n) is 43.8. The van der Waals surface area contributed by atoms with Gasteiger partial charge in [0.1, 0.15) is 0 Å². The Labute approximate surface area is 372 Å². The Morgan fingerprint density at radius 1 is 0.517 bits per heavy atom. The Kier molecular flexibility index (Phi) is 56.1. The number of piperidine rings is 1. The van der Waals surface area contributed by atoms with Gasteiger partial charge in [-0.1, -0.05) is 256 Å². The lowest BCUT2D eigenvalue weighted by Crippen LogP contribution is -2.27. The van der Waals surface area contributed by atoms with Crippen molar-refractivity contribution in [2.75, 3.05) is 13.1 Å². The molecule has 1 N–H and O–H groups in total. The Hall–Kier alpha value is -0.560. The fourth-order valence-electron chi connectivity index (χ4n) is 8.22. The van der Waals surface area contributed by atoms with Gasteiger partial charge in [0.05, 0.1) is 0 Å². The van der Waals surface area contributed by atoms with E-state index in [1.165, 1.54) is 204 Å². The van der Waals surface area contributed by atoms with Gasteiger partial charge in [-0.05, 0) is 113 Å². The van der Waals surface area contributed by atoms with Crippen LogP contribution in [0.3, 0.4) is 0 Å². The number of rotatable bonds is 28. The van der Waals surface area contributed by atoms with Gasteiger partial charge < -0.3 is 5.32 Å². The first kappa shape index (κ1) is 64.1. The van der Waals surface area contributed by atoms with Gasteiger partial charge in [-0.15, -0.1) is 0 Å². The van der Waals surface area contributed by atoms with Gasteiger partial charge in [-0.3, -0.25) is 0 Å². The van der Waals surface area contributed by atoms with Crippen molar-refractivity contribution in [1.29, 1.82) is 0 Å². The van der Waals surface area contributed by atoms with Gasteiger partial charge >= 0.3 is 0 Å². The highest BCUT2D eigenvalue weighted by molar-refractivity contribution is 5.11. The van der Waals surface area contributed by atoms with Crippen LogP contribution in [0.1, 0.15) is 302 Å². The third-order valence-corrected chi connectivity index (χ3v) is 12.8. The van der Waals surface area contributed by atoms with Crippen LogP contribution in [0.25, 0.3) is 0 Å². The van der Waals surface area contributed by atoms with E-state index in [9.17, 15) is 0 Å². The summed E-state index contributed by atoms with van der Waals surface area (Å²) in [6, 6.07) is 0.